The van der Waals surface area contributed by atoms with Crippen LogP contribution in [0.2, 0.25) is 0 Å². The summed E-state index contributed by atoms with van der Waals surface area (Å²) in [6, 6.07) is 14.3. The van der Waals surface area contributed by atoms with Crippen molar-refractivity contribution >= 4 is 47.4 Å². The van der Waals surface area contributed by atoms with Gasteiger partial charge in [-0.15, -0.1) is 24.8 Å². The van der Waals surface area contributed by atoms with Crippen LogP contribution >= 0.6 is 47.4 Å². The Balaban J connectivity index is 0.00000312. The highest BCUT2D eigenvalue weighted by Crippen LogP contribution is 2.34. The second kappa shape index (κ2) is 13.4. The zero-order valence-corrected chi connectivity index (χ0v) is 19.1. The molecule has 0 aromatic heterocycles. The molecule has 0 radical (unpaired) electrons. The van der Waals surface area contributed by atoms with Gasteiger partial charge in [0.15, 0.2) is 11.5 Å². The van der Waals surface area contributed by atoms with E-state index in [1.165, 1.54) is 5.56 Å². The largest absolute Gasteiger partial charge is 0.493 e. The van der Waals surface area contributed by atoms with E-state index in [9.17, 15) is 0 Å². The van der Waals surface area contributed by atoms with E-state index in [4.69, 9.17) is 9.47 Å². The zero-order chi connectivity index (χ0) is 17.4. The van der Waals surface area contributed by atoms with E-state index < -0.39 is 0 Å². The van der Waals surface area contributed by atoms with Gasteiger partial charge in [-0.3, -0.25) is 0 Å². The van der Waals surface area contributed by atoms with E-state index in [1.807, 2.05) is 24.3 Å². The number of hydrogen-bond donors (Lipinski definition) is 1. The van der Waals surface area contributed by atoms with Gasteiger partial charge in [0.1, 0.15) is 6.61 Å². The van der Waals surface area contributed by atoms with Crippen molar-refractivity contribution in [3.63, 3.8) is 0 Å². The minimum Gasteiger partial charge on any atom is -0.493 e. The van der Waals surface area contributed by atoms with Crippen molar-refractivity contribution in [2.24, 2.45) is 0 Å². The molecule has 0 fully saturated rings. The summed E-state index contributed by atoms with van der Waals surface area (Å²) in [5, 5.41) is 3.45. The van der Waals surface area contributed by atoms with Crippen LogP contribution in [0.4, 0.5) is 0 Å². The lowest BCUT2D eigenvalue weighted by molar-refractivity contribution is 0.282. The summed E-state index contributed by atoms with van der Waals surface area (Å²) in [4.78, 5) is 2.16. The Morgan fingerprint density at radius 1 is 1.04 bits per heavy atom. The third-order valence-corrected chi connectivity index (χ3v) is 4.38. The molecule has 2 rings (SSSR count). The van der Waals surface area contributed by atoms with Crippen LogP contribution in [0.3, 0.4) is 0 Å². The van der Waals surface area contributed by atoms with Gasteiger partial charge < -0.3 is 19.7 Å². The Hall–Kier alpha value is -0.730. The average molecular weight is 513 g/mol. The highest BCUT2D eigenvalue weighted by Gasteiger charge is 2.12. The van der Waals surface area contributed by atoms with Crippen molar-refractivity contribution in [3.8, 4) is 11.5 Å². The van der Waals surface area contributed by atoms with Gasteiger partial charge in [0.25, 0.3) is 0 Å². The third-order valence-electron chi connectivity index (χ3n) is 3.58. The van der Waals surface area contributed by atoms with Crippen molar-refractivity contribution < 1.29 is 9.47 Å². The summed E-state index contributed by atoms with van der Waals surface area (Å²) in [6.45, 7) is 3.33. The number of methoxy groups -OCH3 is 1. The SMILES string of the molecule is COc1cc(CNCCN(C)C)cc(I)c1OCc1ccccc1.Cl.Cl. The Kier molecular flexibility index (Phi) is 13.1. The molecule has 0 bridgehead atoms. The fourth-order valence-electron chi connectivity index (χ4n) is 2.28. The summed E-state index contributed by atoms with van der Waals surface area (Å²) in [5.74, 6) is 1.58. The van der Waals surface area contributed by atoms with Gasteiger partial charge in [-0.2, -0.15) is 0 Å². The van der Waals surface area contributed by atoms with Crippen molar-refractivity contribution in [2.75, 3.05) is 34.3 Å². The van der Waals surface area contributed by atoms with E-state index in [-0.39, 0.29) is 24.8 Å². The quantitative estimate of drug-likeness (QED) is 0.399. The highest BCUT2D eigenvalue weighted by molar-refractivity contribution is 14.1. The first-order chi connectivity index (χ1) is 11.6. The predicted octanol–water partition coefficient (Wildman–Crippen LogP) is 4.37. The lowest BCUT2D eigenvalue weighted by Gasteiger charge is -2.15. The molecule has 4 nitrogen and oxygen atoms in total. The first-order valence-corrected chi connectivity index (χ1v) is 9.06. The molecule has 7 heteroatoms. The van der Waals surface area contributed by atoms with Crippen LogP contribution in [0.5, 0.6) is 11.5 Å². The Bertz CT molecular complexity index is 643. The highest BCUT2D eigenvalue weighted by atomic mass is 127. The summed E-state index contributed by atoms with van der Waals surface area (Å²) in [6.07, 6.45) is 0. The first kappa shape index (κ1) is 25.3. The van der Waals surface area contributed by atoms with Crippen LogP contribution in [0.1, 0.15) is 11.1 Å². The molecular weight excluding hydrogens is 486 g/mol. The van der Waals surface area contributed by atoms with Crippen molar-refractivity contribution in [2.45, 2.75) is 13.2 Å². The number of likely N-dealkylation sites (N-methyl/N-ethyl adjacent to an activating group) is 1. The van der Waals surface area contributed by atoms with Gasteiger partial charge in [-0.25, -0.2) is 0 Å². The van der Waals surface area contributed by atoms with Crippen LogP contribution in [0.15, 0.2) is 42.5 Å². The molecule has 26 heavy (non-hydrogen) atoms. The van der Waals surface area contributed by atoms with Gasteiger partial charge >= 0.3 is 0 Å². The second-order valence-corrected chi connectivity index (χ2v) is 7.03. The maximum Gasteiger partial charge on any atom is 0.174 e. The number of benzene rings is 2. The monoisotopic (exact) mass is 512 g/mol. The summed E-state index contributed by atoms with van der Waals surface area (Å²) in [7, 11) is 5.84. The molecule has 146 valence electrons. The van der Waals surface area contributed by atoms with Crippen LogP contribution in [-0.4, -0.2) is 39.2 Å². The Morgan fingerprint density at radius 2 is 1.73 bits per heavy atom. The molecule has 0 saturated carbocycles. The molecule has 0 aliphatic rings. The standard InChI is InChI=1S/C19H25IN2O2.2ClH/c1-22(2)10-9-21-13-16-11-17(20)19(18(12-16)23-3)24-14-15-7-5-4-6-8-15;;/h4-8,11-12,21H,9-10,13-14H2,1-3H3;2*1H. The second-order valence-electron chi connectivity index (χ2n) is 5.86. The van der Waals surface area contributed by atoms with Gasteiger partial charge in [0.05, 0.1) is 10.7 Å². The topological polar surface area (TPSA) is 33.7 Å². The van der Waals surface area contributed by atoms with Crippen molar-refractivity contribution in [1.29, 1.82) is 0 Å². The van der Waals surface area contributed by atoms with Gasteiger partial charge in [-0.1, -0.05) is 30.3 Å². The number of hydrogen-bond acceptors (Lipinski definition) is 4. The average Bonchev–Trinajstić information content (AvgIpc) is 2.58. The van der Waals surface area contributed by atoms with E-state index in [0.717, 1.165) is 40.3 Å². The van der Waals surface area contributed by atoms with Crippen LogP contribution < -0.4 is 14.8 Å². The number of rotatable bonds is 9. The van der Waals surface area contributed by atoms with Gasteiger partial charge in [0.2, 0.25) is 0 Å². The fraction of sp³-hybridized carbons (Fsp3) is 0.368. The van der Waals surface area contributed by atoms with E-state index >= 15 is 0 Å². The molecule has 0 aliphatic heterocycles. The van der Waals surface area contributed by atoms with E-state index in [1.54, 1.807) is 7.11 Å². The Morgan fingerprint density at radius 3 is 2.35 bits per heavy atom. The normalized spacial score (nSPS) is 10.0. The predicted molar refractivity (Wildman–Crippen MR) is 121 cm³/mol. The molecule has 0 saturated heterocycles. The number of nitrogens with one attached hydrogen (secondary N) is 1. The van der Waals surface area contributed by atoms with Crippen LogP contribution in [0.25, 0.3) is 0 Å². The first-order valence-electron chi connectivity index (χ1n) is 7.98. The van der Waals surface area contributed by atoms with Gasteiger partial charge in [0, 0.05) is 19.6 Å². The zero-order valence-electron chi connectivity index (χ0n) is 15.3. The smallest absolute Gasteiger partial charge is 0.174 e. The van der Waals surface area contributed by atoms with Crippen LogP contribution in [-0.2, 0) is 13.2 Å². The van der Waals surface area contributed by atoms with Crippen molar-refractivity contribution in [1.82, 2.24) is 10.2 Å². The molecule has 0 spiro atoms. The van der Waals surface area contributed by atoms with Gasteiger partial charge in [-0.05, 0) is 59.9 Å². The maximum atomic E-state index is 6.00. The van der Waals surface area contributed by atoms with Crippen LogP contribution in [0, 0.1) is 3.57 Å². The molecule has 0 aliphatic carbocycles. The Labute approximate surface area is 182 Å². The molecule has 1 N–H and O–H groups in total. The summed E-state index contributed by atoms with van der Waals surface area (Å²) >= 11 is 2.31. The summed E-state index contributed by atoms with van der Waals surface area (Å²) in [5.41, 5.74) is 2.34. The minimum atomic E-state index is 0. The number of halogens is 3. The number of nitrogens with zero attached hydrogens (tertiary/aromatic N) is 1. The molecule has 0 heterocycles. The van der Waals surface area contributed by atoms with E-state index in [0.29, 0.717) is 6.61 Å². The van der Waals surface area contributed by atoms with Crippen molar-refractivity contribution in [3.05, 3.63) is 57.2 Å². The summed E-state index contributed by atoms with van der Waals surface area (Å²) < 4.78 is 12.6. The molecule has 2 aromatic rings. The lowest BCUT2D eigenvalue weighted by Crippen LogP contribution is -2.26. The lowest BCUT2D eigenvalue weighted by atomic mass is 10.2. The molecule has 0 amide bonds. The molecule has 0 atom stereocenters. The molecular formula is C19H27Cl2IN2O2. The minimum absolute atomic E-state index is 0. The third kappa shape index (κ3) is 8.31. The van der Waals surface area contributed by atoms with E-state index in [2.05, 4.69) is 65.1 Å². The fourth-order valence-corrected chi connectivity index (χ4v) is 3.10. The molecule has 2 aromatic carbocycles. The molecule has 0 unspecified atom stereocenters. The maximum absolute atomic E-state index is 6.00. The number of ether oxygens (including phenoxy) is 2.